The monoisotopic (exact) mass is 452 g/mol. The first-order valence-electron chi connectivity index (χ1n) is 7.01. The van der Waals surface area contributed by atoms with Crippen molar-refractivity contribution in [2.75, 3.05) is 19.8 Å². The number of aliphatic hydroxyl groups is 7. The number of alkyl halides is 1. The fourth-order valence-corrected chi connectivity index (χ4v) is 3.43. The second kappa shape index (κ2) is 7.70. The zero-order chi connectivity index (χ0) is 17.4. The van der Waals surface area contributed by atoms with Gasteiger partial charge < -0.3 is 50.0 Å². The molecule has 0 aromatic carbocycles. The van der Waals surface area contributed by atoms with Crippen LogP contribution in [0, 0.1) is 0 Å². The van der Waals surface area contributed by atoms with E-state index in [0.717, 1.165) is 0 Å². The number of halogens is 1. The zero-order valence-corrected chi connectivity index (χ0v) is 14.1. The molecule has 10 nitrogen and oxygen atoms in total. The van der Waals surface area contributed by atoms with Crippen LogP contribution in [0.4, 0.5) is 0 Å². The van der Waals surface area contributed by atoms with E-state index in [9.17, 15) is 30.6 Å². The average Bonchev–Trinajstić information content (AvgIpc) is 2.80. The van der Waals surface area contributed by atoms with Gasteiger partial charge in [0.1, 0.15) is 31.0 Å². The molecule has 0 aliphatic carbocycles. The van der Waals surface area contributed by atoms with Gasteiger partial charge in [-0.2, -0.15) is 0 Å². The highest BCUT2D eigenvalue weighted by Crippen LogP contribution is 2.36. The summed E-state index contributed by atoms with van der Waals surface area (Å²) in [7, 11) is 0. The molecule has 136 valence electrons. The molecule has 0 saturated carbocycles. The van der Waals surface area contributed by atoms with E-state index in [4.69, 9.17) is 19.3 Å². The van der Waals surface area contributed by atoms with Crippen LogP contribution in [0.15, 0.2) is 0 Å². The molecular formula is C12H21IO10. The van der Waals surface area contributed by atoms with E-state index in [1.165, 1.54) is 0 Å². The Morgan fingerprint density at radius 1 is 0.913 bits per heavy atom. The van der Waals surface area contributed by atoms with Crippen LogP contribution >= 0.6 is 22.6 Å². The Labute approximate surface area is 145 Å². The minimum absolute atomic E-state index is 0.450. The Kier molecular flexibility index (Phi) is 6.58. The first-order valence-corrected chi connectivity index (χ1v) is 8.26. The summed E-state index contributed by atoms with van der Waals surface area (Å²) in [6.45, 7) is -1.98. The van der Waals surface area contributed by atoms with E-state index >= 15 is 0 Å². The third-order valence-corrected chi connectivity index (χ3v) is 5.56. The summed E-state index contributed by atoms with van der Waals surface area (Å²) in [4.78, 5) is 0. The van der Waals surface area contributed by atoms with Crippen molar-refractivity contribution in [3.05, 3.63) is 0 Å². The maximum Gasteiger partial charge on any atom is 0.224 e. The van der Waals surface area contributed by atoms with E-state index in [1.807, 2.05) is 22.6 Å². The summed E-state index contributed by atoms with van der Waals surface area (Å²) in [5.41, 5.74) is 0. The van der Waals surface area contributed by atoms with Gasteiger partial charge in [-0.05, 0) is 0 Å². The third kappa shape index (κ3) is 3.50. The minimum Gasteiger partial charge on any atom is -0.394 e. The summed E-state index contributed by atoms with van der Waals surface area (Å²) in [6.07, 6.45) is -9.66. The highest BCUT2D eigenvalue weighted by atomic mass is 127. The number of hydrogen-bond donors (Lipinski definition) is 7. The molecule has 23 heavy (non-hydrogen) atoms. The molecule has 0 unspecified atom stereocenters. The second-order valence-corrected chi connectivity index (χ2v) is 6.95. The normalized spacial score (nSPS) is 51.1. The summed E-state index contributed by atoms with van der Waals surface area (Å²) >= 11 is 1.81. The maximum absolute atomic E-state index is 10.0. The molecule has 2 rings (SSSR count). The van der Waals surface area contributed by atoms with Gasteiger partial charge in [0, 0.05) is 0 Å². The topological polar surface area (TPSA) is 169 Å². The quantitative estimate of drug-likeness (QED) is 0.162. The predicted molar refractivity (Wildman–Crippen MR) is 80.4 cm³/mol. The first kappa shape index (κ1) is 19.7. The molecule has 0 aromatic heterocycles. The number of aliphatic hydroxyl groups excluding tert-OH is 7. The lowest BCUT2D eigenvalue weighted by Crippen LogP contribution is -2.61. The lowest BCUT2D eigenvalue weighted by Gasteiger charge is -2.43. The molecule has 2 heterocycles. The Balaban J connectivity index is 2.18. The Hall–Kier alpha value is 0.330. The van der Waals surface area contributed by atoms with Gasteiger partial charge >= 0.3 is 0 Å². The van der Waals surface area contributed by atoms with E-state index in [0.29, 0.717) is 0 Å². The van der Waals surface area contributed by atoms with Crippen molar-refractivity contribution in [2.45, 2.75) is 52.6 Å². The van der Waals surface area contributed by atoms with Gasteiger partial charge in [0.05, 0.1) is 29.3 Å². The highest BCUT2D eigenvalue weighted by molar-refractivity contribution is 14.1. The molecule has 0 aromatic rings. The van der Waals surface area contributed by atoms with Gasteiger partial charge in [0.15, 0.2) is 6.29 Å². The molecule has 0 radical (unpaired) electrons. The summed E-state index contributed by atoms with van der Waals surface area (Å²) in [5, 5.41) is 67.8. The van der Waals surface area contributed by atoms with Gasteiger partial charge in [0.2, 0.25) is 5.79 Å². The predicted octanol–water partition coefficient (Wildman–Crippen LogP) is -3.95. The SMILES string of the molecule is OC[C@H]1O[C@@](CO)(O[C@H]2O[C@H](CO)[C@@H](I)[C@H](O)[C@H]2O)[C@@H](O)[C@@H]1O. The third-order valence-electron chi connectivity index (χ3n) is 4.02. The largest absolute Gasteiger partial charge is 0.394 e. The lowest BCUT2D eigenvalue weighted by atomic mass is 10.0. The summed E-state index contributed by atoms with van der Waals surface area (Å²) in [5.74, 6) is -2.14. The van der Waals surface area contributed by atoms with Gasteiger partial charge in [-0.1, -0.05) is 22.6 Å². The second-order valence-electron chi connectivity index (χ2n) is 5.51. The summed E-state index contributed by atoms with van der Waals surface area (Å²) in [6, 6.07) is 0. The van der Waals surface area contributed by atoms with E-state index < -0.39 is 72.4 Å². The minimum atomic E-state index is -2.14. The molecule has 0 bridgehead atoms. The van der Waals surface area contributed by atoms with Crippen molar-refractivity contribution in [1.29, 1.82) is 0 Å². The zero-order valence-electron chi connectivity index (χ0n) is 12.0. The fraction of sp³-hybridized carbons (Fsp3) is 1.00. The number of rotatable bonds is 5. The fourth-order valence-electron chi connectivity index (χ4n) is 2.60. The molecule has 7 N–H and O–H groups in total. The molecule has 0 spiro atoms. The van der Waals surface area contributed by atoms with Crippen molar-refractivity contribution in [2.24, 2.45) is 0 Å². The lowest BCUT2D eigenvalue weighted by molar-refractivity contribution is -0.371. The number of hydrogen-bond acceptors (Lipinski definition) is 10. The van der Waals surface area contributed by atoms with Crippen molar-refractivity contribution < 1.29 is 50.0 Å². The van der Waals surface area contributed by atoms with Crippen molar-refractivity contribution in [3.8, 4) is 0 Å². The first-order chi connectivity index (χ1) is 10.8. The molecular weight excluding hydrogens is 431 g/mol. The maximum atomic E-state index is 10.0. The van der Waals surface area contributed by atoms with Crippen LogP contribution in [0.2, 0.25) is 0 Å². The van der Waals surface area contributed by atoms with Crippen molar-refractivity contribution in [1.82, 2.24) is 0 Å². The van der Waals surface area contributed by atoms with Crippen LogP contribution in [0.1, 0.15) is 0 Å². The standard InChI is InChI=1S/C12H21IO10/c13-6-4(1-14)21-11(9(19)8(6)18)23-12(3-16)10(20)7(17)5(2-15)22-12/h4-11,14-20H,1-3H2/t4-,5-,6-,7-,8+,9-,10+,11-,12+/m1/s1. The Bertz CT molecular complexity index is 398. The molecule has 11 heteroatoms. The molecule has 2 saturated heterocycles. The molecule has 2 fully saturated rings. The van der Waals surface area contributed by atoms with E-state index in [1.54, 1.807) is 0 Å². The summed E-state index contributed by atoms with van der Waals surface area (Å²) < 4.78 is 15.2. The van der Waals surface area contributed by atoms with Gasteiger partial charge in [0.25, 0.3) is 0 Å². The van der Waals surface area contributed by atoms with Crippen LogP contribution in [-0.2, 0) is 14.2 Å². The Morgan fingerprint density at radius 3 is 2.00 bits per heavy atom. The van der Waals surface area contributed by atoms with Gasteiger partial charge in [-0.15, -0.1) is 0 Å². The Morgan fingerprint density at radius 2 is 1.52 bits per heavy atom. The van der Waals surface area contributed by atoms with Crippen LogP contribution in [-0.4, -0.2) is 108 Å². The molecule has 0 amide bonds. The van der Waals surface area contributed by atoms with Gasteiger partial charge in [-0.3, -0.25) is 0 Å². The number of ether oxygens (including phenoxy) is 3. The van der Waals surface area contributed by atoms with E-state index in [-0.39, 0.29) is 0 Å². The van der Waals surface area contributed by atoms with Crippen LogP contribution < -0.4 is 0 Å². The van der Waals surface area contributed by atoms with E-state index in [2.05, 4.69) is 0 Å². The average molecular weight is 452 g/mol. The van der Waals surface area contributed by atoms with Gasteiger partial charge in [-0.25, -0.2) is 0 Å². The molecule has 9 atom stereocenters. The van der Waals surface area contributed by atoms with Crippen LogP contribution in [0.25, 0.3) is 0 Å². The highest BCUT2D eigenvalue weighted by Gasteiger charge is 2.58. The molecule has 2 aliphatic rings. The van der Waals surface area contributed by atoms with Crippen LogP contribution in [0.5, 0.6) is 0 Å². The van der Waals surface area contributed by atoms with Crippen molar-refractivity contribution >= 4 is 22.6 Å². The molecule has 2 aliphatic heterocycles. The van der Waals surface area contributed by atoms with Crippen molar-refractivity contribution in [3.63, 3.8) is 0 Å². The smallest absolute Gasteiger partial charge is 0.224 e. The van der Waals surface area contributed by atoms with Crippen LogP contribution in [0.3, 0.4) is 0 Å².